The van der Waals surface area contributed by atoms with Crippen molar-refractivity contribution < 1.29 is 23.2 Å². The van der Waals surface area contributed by atoms with E-state index in [0.717, 1.165) is 6.07 Å². The van der Waals surface area contributed by atoms with Gasteiger partial charge in [0.1, 0.15) is 5.57 Å². The minimum atomic E-state index is -2.03. The molecule has 0 unspecified atom stereocenters. The number of amides is 1. The highest BCUT2D eigenvalue weighted by molar-refractivity contribution is 6.39. The van der Waals surface area contributed by atoms with E-state index in [2.05, 4.69) is 4.99 Å². The maximum Gasteiger partial charge on any atom is 0.338 e. The zero-order chi connectivity index (χ0) is 11.9. The minimum absolute atomic E-state index is 0.0745. The number of nitrogens with zero attached hydrogens (tertiary/aromatic N) is 1. The molecule has 1 aromatic carbocycles. The van der Waals surface area contributed by atoms with E-state index in [1.54, 1.807) is 0 Å². The number of benzene rings is 1. The molecule has 0 spiro atoms. The average Bonchev–Trinajstić information content (AvgIpc) is 2.52. The third kappa shape index (κ3) is 1.35. The number of hydrogen-bond donors (Lipinski definition) is 0. The molecule has 2 rings (SSSR count). The third-order valence-electron chi connectivity index (χ3n) is 2.14. The molecular formula is C10H3F2NO3. The summed E-state index contributed by atoms with van der Waals surface area (Å²) in [7, 11) is 0. The maximum absolute atomic E-state index is 12.6. The Hall–Kier alpha value is -2.24. The molecule has 1 heterocycles. The zero-order valence-electron chi connectivity index (χ0n) is 7.66. The summed E-state index contributed by atoms with van der Waals surface area (Å²) in [6, 6.07) is -0.247. The highest BCUT2D eigenvalue weighted by Crippen LogP contribution is 2.05. The molecule has 1 aliphatic heterocycles. The number of hydrogen-bond acceptors (Lipinski definition) is 3. The molecule has 4 nitrogen and oxygen atoms in total. The Morgan fingerprint density at radius 2 is 1.81 bits per heavy atom. The number of carbonyl (C=O) groups excluding carboxylic acids is 3. The van der Waals surface area contributed by atoms with Crippen LogP contribution in [-0.4, -0.2) is 18.0 Å². The van der Waals surface area contributed by atoms with Crippen LogP contribution in [0.1, 0.15) is 10.4 Å². The topological polar surface area (TPSA) is 63.6 Å². The first kappa shape index (κ1) is 10.3. The minimum Gasteiger partial charge on any atom is -0.266 e. The van der Waals surface area contributed by atoms with Crippen LogP contribution in [0.5, 0.6) is 0 Å². The van der Waals surface area contributed by atoms with Gasteiger partial charge in [-0.2, -0.15) is 8.78 Å². The van der Waals surface area contributed by atoms with Crippen LogP contribution in [0.2, 0.25) is 0 Å². The summed E-state index contributed by atoms with van der Waals surface area (Å²) in [6.45, 7) is 0. The second-order valence-electron chi connectivity index (χ2n) is 3.04. The van der Waals surface area contributed by atoms with Crippen molar-refractivity contribution in [2.24, 2.45) is 4.99 Å². The van der Waals surface area contributed by atoms with Crippen molar-refractivity contribution in [1.82, 2.24) is 0 Å². The van der Waals surface area contributed by atoms with Crippen molar-refractivity contribution >= 4 is 23.6 Å². The van der Waals surface area contributed by atoms with E-state index in [1.807, 2.05) is 0 Å². The fourth-order valence-corrected chi connectivity index (χ4v) is 1.51. The lowest BCUT2D eigenvalue weighted by Crippen LogP contribution is -2.30. The summed E-state index contributed by atoms with van der Waals surface area (Å²) in [5.74, 6) is -1.10. The molecule has 16 heavy (non-hydrogen) atoms. The summed E-state index contributed by atoms with van der Waals surface area (Å²) in [5.41, 5.74) is -1.43. The second kappa shape index (κ2) is 3.41. The van der Waals surface area contributed by atoms with E-state index in [9.17, 15) is 23.2 Å². The van der Waals surface area contributed by atoms with E-state index < -0.39 is 29.1 Å². The largest absolute Gasteiger partial charge is 0.338 e. The first-order valence-corrected chi connectivity index (χ1v) is 4.18. The predicted molar refractivity (Wildman–Crippen MR) is 47.2 cm³/mol. The molecule has 0 saturated heterocycles. The molecule has 0 atom stereocenters. The van der Waals surface area contributed by atoms with Crippen LogP contribution in [0.15, 0.2) is 23.2 Å². The average molecular weight is 223 g/mol. The second-order valence-corrected chi connectivity index (χ2v) is 3.04. The normalized spacial score (nSPS) is 13.4. The van der Waals surface area contributed by atoms with Gasteiger partial charge >= 0.3 is 12.1 Å². The first-order chi connectivity index (χ1) is 7.52. The lowest BCUT2D eigenvalue weighted by Gasteiger charge is -1.93. The van der Waals surface area contributed by atoms with Gasteiger partial charge in [-0.3, -0.25) is 14.4 Å². The SMILES string of the molecule is O=C(F)C1=c2c(C(=O)F)cccc2=NC1=O. The molecule has 0 fully saturated rings. The number of fused-ring (bicyclic) bond motifs is 1. The van der Waals surface area contributed by atoms with Crippen LogP contribution in [0.4, 0.5) is 8.78 Å². The van der Waals surface area contributed by atoms with Crippen molar-refractivity contribution in [1.29, 1.82) is 0 Å². The quantitative estimate of drug-likeness (QED) is 0.641. The van der Waals surface area contributed by atoms with Gasteiger partial charge in [-0.1, -0.05) is 6.07 Å². The molecule has 0 radical (unpaired) electrons. The molecule has 1 aromatic rings. The van der Waals surface area contributed by atoms with Gasteiger partial charge in [0.25, 0.3) is 5.91 Å². The van der Waals surface area contributed by atoms with Crippen molar-refractivity contribution in [3.8, 4) is 0 Å². The molecule has 0 aliphatic carbocycles. The van der Waals surface area contributed by atoms with Crippen LogP contribution in [0.25, 0.3) is 5.57 Å². The van der Waals surface area contributed by atoms with Crippen molar-refractivity contribution in [3.05, 3.63) is 34.3 Å². The van der Waals surface area contributed by atoms with Crippen LogP contribution < -0.4 is 10.6 Å². The van der Waals surface area contributed by atoms with Crippen LogP contribution in [-0.2, 0) is 9.59 Å². The van der Waals surface area contributed by atoms with Crippen LogP contribution in [0, 0.1) is 0 Å². The summed E-state index contributed by atoms with van der Waals surface area (Å²) in [5, 5.41) is -0.443. The van der Waals surface area contributed by atoms with Gasteiger partial charge in [0.2, 0.25) is 0 Å². The highest BCUT2D eigenvalue weighted by atomic mass is 19.1. The molecule has 6 heteroatoms. The fourth-order valence-electron chi connectivity index (χ4n) is 1.51. The number of carbonyl (C=O) groups is 3. The molecule has 80 valence electrons. The predicted octanol–water partition coefficient (Wildman–Crippen LogP) is -0.397. The van der Waals surface area contributed by atoms with E-state index in [-0.39, 0.29) is 10.6 Å². The van der Waals surface area contributed by atoms with Gasteiger partial charge in [-0.25, -0.2) is 4.99 Å². The van der Waals surface area contributed by atoms with Crippen LogP contribution in [0.3, 0.4) is 0 Å². The van der Waals surface area contributed by atoms with Crippen molar-refractivity contribution in [3.63, 3.8) is 0 Å². The van der Waals surface area contributed by atoms with Crippen molar-refractivity contribution in [2.45, 2.75) is 0 Å². The van der Waals surface area contributed by atoms with Crippen molar-refractivity contribution in [2.75, 3.05) is 0 Å². The van der Waals surface area contributed by atoms with Gasteiger partial charge in [0, 0.05) is 5.22 Å². The molecule has 0 N–H and O–H groups in total. The Kier molecular flexibility index (Phi) is 2.19. The standard InChI is InChI=1S/C10H3F2NO3/c11-8(14)4-2-1-3-5-6(4)7(9(12)15)10(16)13-5/h1-3H. The van der Waals surface area contributed by atoms with E-state index in [4.69, 9.17) is 0 Å². The highest BCUT2D eigenvalue weighted by Gasteiger charge is 2.26. The van der Waals surface area contributed by atoms with Gasteiger partial charge in [0.05, 0.1) is 10.9 Å². The lowest BCUT2D eigenvalue weighted by atomic mass is 10.1. The number of halogens is 2. The molecular weight excluding hydrogens is 220 g/mol. The van der Waals surface area contributed by atoms with Gasteiger partial charge in [-0.15, -0.1) is 0 Å². The van der Waals surface area contributed by atoms with Gasteiger partial charge in [0.15, 0.2) is 0 Å². The van der Waals surface area contributed by atoms with Crippen LogP contribution >= 0.6 is 0 Å². The van der Waals surface area contributed by atoms with E-state index >= 15 is 0 Å². The Morgan fingerprint density at radius 1 is 1.12 bits per heavy atom. The summed E-state index contributed by atoms with van der Waals surface area (Å²) < 4.78 is 25.2. The molecule has 0 bridgehead atoms. The third-order valence-corrected chi connectivity index (χ3v) is 2.14. The lowest BCUT2D eigenvalue weighted by molar-refractivity contribution is -0.125. The summed E-state index contributed by atoms with van der Waals surface area (Å²) in [6.07, 6.45) is 0. The maximum atomic E-state index is 12.6. The smallest absolute Gasteiger partial charge is 0.266 e. The van der Waals surface area contributed by atoms with Gasteiger partial charge < -0.3 is 0 Å². The van der Waals surface area contributed by atoms with E-state index in [1.165, 1.54) is 12.1 Å². The Bertz CT molecular complexity index is 649. The summed E-state index contributed by atoms with van der Waals surface area (Å²) in [4.78, 5) is 35.7. The first-order valence-electron chi connectivity index (χ1n) is 4.18. The van der Waals surface area contributed by atoms with Gasteiger partial charge in [-0.05, 0) is 12.1 Å². The zero-order valence-corrected chi connectivity index (χ0v) is 7.66. The Balaban J connectivity index is 3.00. The Labute approximate surface area is 86.9 Å². The molecule has 0 aromatic heterocycles. The fraction of sp³-hybridized carbons (Fsp3) is 0. The molecule has 1 amide bonds. The molecule has 0 saturated carbocycles. The Morgan fingerprint density at radius 3 is 2.38 bits per heavy atom. The number of rotatable bonds is 2. The van der Waals surface area contributed by atoms with E-state index in [0.29, 0.717) is 0 Å². The monoisotopic (exact) mass is 223 g/mol. The molecule has 1 aliphatic rings. The summed E-state index contributed by atoms with van der Waals surface area (Å²) >= 11 is 0.